The Morgan fingerprint density at radius 3 is 2.05 bits per heavy atom. The fourth-order valence-corrected chi connectivity index (χ4v) is 3.30. The van der Waals surface area contributed by atoms with Crippen molar-refractivity contribution in [3.05, 3.63) is 18.5 Å². The van der Waals surface area contributed by atoms with Gasteiger partial charge in [-0.1, -0.05) is 0 Å². The first-order chi connectivity index (χ1) is 10.1. The summed E-state index contributed by atoms with van der Waals surface area (Å²) in [7, 11) is -6.23. The first-order valence-corrected chi connectivity index (χ1v) is 11.4. The minimum Gasteiger partial charge on any atom is -0.299 e. The van der Waals surface area contributed by atoms with Crippen molar-refractivity contribution in [3.63, 3.8) is 0 Å². The number of halogens is 1. The molecular weight excluding hydrogens is 350 g/mol. The Kier molecular flexibility index (Phi) is 7.30. The Labute approximate surface area is 137 Å². The molecule has 0 saturated heterocycles. The lowest BCUT2D eigenvalue weighted by atomic mass is 10.3. The second-order valence-corrected chi connectivity index (χ2v) is 10.2. The summed E-state index contributed by atoms with van der Waals surface area (Å²) in [6.45, 7) is 0.974. The lowest BCUT2D eigenvalue weighted by Crippen LogP contribution is -2.38. The number of aromatic nitrogens is 2. The molecule has 10 heteroatoms. The Bertz CT molecular complexity index is 608. The summed E-state index contributed by atoms with van der Waals surface area (Å²) < 4.78 is 47.0. The molecule has 0 radical (unpaired) electrons. The van der Waals surface area contributed by atoms with Gasteiger partial charge in [-0.15, -0.1) is 11.6 Å². The standard InChI is InChI=1S/C12H22ClN3O4S2/c1-21(17,18)8-6-15(7-9-22(2,19)20)11-12(10-13)16-5-3-4-14-16/h3-5,12H,6-11H2,1-2H3. The molecule has 1 aromatic heterocycles. The van der Waals surface area contributed by atoms with E-state index >= 15 is 0 Å². The van der Waals surface area contributed by atoms with Crippen LogP contribution >= 0.6 is 11.6 Å². The Morgan fingerprint density at radius 2 is 1.68 bits per heavy atom. The van der Waals surface area contributed by atoms with Crippen LogP contribution in [0.5, 0.6) is 0 Å². The lowest BCUT2D eigenvalue weighted by molar-refractivity contribution is 0.256. The molecule has 0 fully saturated rings. The van der Waals surface area contributed by atoms with Crippen LogP contribution in [0.2, 0.25) is 0 Å². The van der Waals surface area contributed by atoms with Crippen LogP contribution in [0.1, 0.15) is 6.04 Å². The van der Waals surface area contributed by atoms with Crippen molar-refractivity contribution < 1.29 is 16.8 Å². The molecule has 22 heavy (non-hydrogen) atoms. The van der Waals surface area contributed by atoms with Crippen LogP contribution in [0.15, 0.2) is 18.5 Å². The molecule has 0 bridgehead atoms. The summed E-state index contributed by atoms with van der Waals surface area (Å²) in [5.41, 5.74) is 0. The summed E-state index contributed by atoms with van der Waals surface area (Å²) >= 11 is 5.96. The van der Waals surface area contributed by atoms with Gasteiger partial charge in [0.25, 0.3) is 0 Å². The predicted molar refractivity (Wildman–Crippen MR) is 87.8 cm³/mol. The summed E-state index contributed by atoms with van der Waals surface area (Å²) in [5, 5.41) is 4.13. The van der Waals surface area contributed by atoms with E-state index in [1.165, 1.54) is 0 Å². The van der Waals surface area contributed by atoms with Gasteiger partial charge < -0.3 is 0 Å². The Balaban J connectivity index is 2.74. The van der Waals surface area contributed by atoms with E-state index < -0.39 is 19.7 Å². The average molecular weight is 372 g/mol. The van der Waals surface area contributed by atoms with Crippen LogP contribution in [0.25, 0.3) is 0 Å². The molecule has 7 nitrogen and oxygen atoms in total. The highest BCUT2D eigenvalue weighted by molar-refractivity contribution is 7.90. The summed E-state index contributed by atoms with van der Waals surface area (Å²) in [5.74, 6) is 0.256. The number of nitrogens with zero attached hydrogens (tertiary/aromatic N) is 3. The summed E-state index contributed by atoms with van der Waals surface area (Å²) in [6.07, 6.45) is 5.73. The SMILES string of the molecule is CS(=O)(=O)CCN(CCS(C)(=O)=O)CC(CCl)n1cccn1. The largest absolute Gasteiger partial charge is 0.299 e. The van der Waals surface area contributed by atoms with E-state index in [2.05, 4.69) is 5.10 Å². The molecule has 0 saturated carbocycles. The van der Waals surface area contributed by atoms with Gasteiger partial charge in [0.2, 0.25) is 0 Å². The Hall–Kier alpha value is -0.640. The fourth-order valence-electron chi connectivity index (χ4n) is 1.88. The summed E-state index contributed by atoms with van der Waals surface area (Å²) in [4.78, 5) is 1.80. The van der Waals surface area contributed by atoms with Crippen molar-refractivity contribution in [2.45, 2.75) is 6.04 Å². The molecular formula is C12H22ClN3O4S2. The highest BCUT2D eigenvalue weighted by Gasteiger charge is 2.18. The molecule has 0 aliphatic carbocycles. The number of alkyl halides is 1. The monoisotopic (exact) mass is 371 g/mol. The maximum absolute atomic E-state index is 11.3. The van der Waals surface area contributed by atoms with E-state index in [0.717, 1.165) is 12.5 Å². The van der Waals surface area contributed by atoms with Gasteiger partial charge in [0.1, 0.15) is 19.7 Å². The highest BCUT2D eigenvalue weighted by atomic mass is 35.5. The molecule has 128 valence electrons. The van der Waals surface area contributed by atoms with E-state index in [0.29, 0.717) is 12.4 Å². The normalized spacial score (nSPS) is 14.4. The smallest absolute Gasteiger partial charge is 0.148 e. The maximum Gasteiger partial charge on any atom is 0.148 e. The van der Waals surface area contributed by atoms with Crippen LogP contribution in [-0.2, 0) is 19.7 Å². The van der Waals surface area contributed by atoms with E-state index in [1.807, 2.05) is 0 Å². The van der Waals surface area contributed by atoms with Crippen LogP contribution in [0.3, 0.4) is 0 Å². The van der Waals surface area contributed by atoms with Gasteiger partial charge in [0.05, 0.1) is 17.5 Å². The van der Waals surface area contributed by atoms with E-state index in [1.54, 1.807) is 28.0 Å². The van der Waals surface area contributed by atoms with Crippen LogP contribution in [0.4, 0.5) is 0 Å². The second-order valence-electron chi connectivity index (χ2n) is 5.35. The molecule has 0 N–H and O–H groups in total. The quantitative estimate of drug-likeness (QED) is 0.540. The molecule has 0 spiro atoms. The molecule has 1 atom stereocenters. The molecule has 1 unspecified atom stereocenters. The zero-order valence-corrected chi connectivity index (χ0v) is 15.1. The molecule has 0 aliphatic rings. The average Bonchev–Trinajstić information content (AvgIpc) is 2.89. The van der Waals surface area contributed by atoms with Gasteiger partial charge in [-0.25, -0.2) is 16.8 Å². The number of rotatable bonds is 10. The van der Waals surface area contributed by atoms with Crippen molar-refractivity contribution in [3.8, 4) is 0 Å². The molecule has 1 rings (SSSR count). The van der Waals surface area contributed by atoms with Crippen molar-refractivity contribution in [1.82, 2.24) is 14.7 Å². The molecule has 0 aromatic carbocycles. The third-order valence-corrected chi connectivity index (χ3v) is 5.31. The number of hydrogen-bond acceptors (Lipinski definition) is 6. The Morgan fingerprint density at radius 1 is 1.14 bits per heavy atom. The van der Waals surface area contributed by atoms with Crippen LogP contribution < -0.4 is 0 Å². The number of sulfone groups is 2. The van der Waals surface area contributed by atoms with Crippen LogP contribution in [-0.4, -0.2) is 81.0 Å². The van der Waals surface area contributed by atoms with E-state index in [4.69, 9.17) is 11.6 Å². The topological polar surface area (TPSA) is 89.3 Å². The van der Waals surface area contributed by atoms with E-state index in [-0.39, 0.29) is 30.6 Å². The highest BCUT2D eigenvalue weighted by Crippen LogP contribution is 2.10. The lowest BCUT2D eigenvalue weighted by Gasteiger charge is -2.26. The molecule has 1 aromatic rings. The zero-order chi connectivity index (χ0) is 16.8. The molecule has 0 amide bonds. The first kappa shape index (κ1) is 19.4. The van der Waals surface area contributed by atoms with Crippen LogP contribution in [0, 0.1) is 0 Å². The van der Waals surface area contributed by atoms with Crippen molar-refractivity contribution in [1.29, 1.82) is 0 Å². The van der Waals surface area contributed by atoms with Crippen molar-refractivity contribution >= 4 is 31.3 Å². The van der Waals surface area contributed by atoms with Gasteiger partial charge in [0.15, 0.2) is 0 Å². The minimum absolute atomic E-state index is 0.0229. The minimum atomic E-state index is -3.12. The van der Waals surface area contributed by atoms with Gasteiger partial charge in [-0.05, 0) is 6.07 Å². The third-order valence-electron chi connectivity index (χ3n) is 3.10. The molecule has 0 aliphatic heterocycles. The second kappa shape index (κ2) is 8.28. The van der Waals surface area contributed by atoms with Gasteiger partial charge in [-0.2, -0.15) is 5.10 Å². The van der Waals surface area contributed by atoms with E-state index in [9.17, 15) is 16.8 Å². The van der Waals surface area contributed by atoms with Crippen molar-refractivity contribution in [2.75, 3.05) is 49.5 Å². The predicted octanol–water partition coefficient (Wildman–Crippen LogP) is 0.0542. The first-order valence-electron chi connectivity index (χ1n) is 6.73. The molecule has 1 heterocycles. The van der Waals surface area contributed by atoms with Gasteiger partial charge in [0, 0.05) is 50.4 Å². The number of hydrogen-bond donors (Lipinski definition) is 0. The zero-order valence-electron chi connectivity index (χ0n) is 12.7. The summed E-state index contributed by atoms with van der Waals surface area (Å²) in [6, 6.07) is 1.63. The fraction of sp³-hybridized carbons (Fsp3) is 0.750. The van der Waals surface area contributed by atoms with Gasteiger partial charge >= 0.3 is 0 Å². The van der Waals surface area contributed by atoms with Gasteiger partial charge in [-0.3, -0.25) is 9.58 Å². The van der Waals surface area contributed by atoms with Crippen molar-refractivity contribution in [2.24, 2.45) is 0 Å². The third kappa shape index (κ3) is 8.11. The maximum atomic E-state index is 11.3.